The summed E-state index contributed by atoms with van der Waals surface area (Å²) in [6.07, 6.45) is 0.866. The SMILES string of the molecule is COc1ccc(C(=O)N2CCC(NC(=O)C(C)Oc3ccccc3C(C)C)CC2)cc1. The second-order valence-corrected chi connectivity index (χ2v) is 8.26. The molecule has 2 aromatic rings. The molecular weight excluding hydrogens is 392 g/mol. The molecule has 2 aromatic carbocycles. The van der Waals surface area contributed by atoms with E-state index in [1.165, 1.54) is 0 Å². The summed E-state index contributed by atoms with van der Waals surface area (Å²) in [6, 6.07) is 15.0. The van der Waals surface area contributed by atoms with Gasteiger partial charge in [-0.15, -0.1) is 0 Å². The fraction of sp³-hybridized carbons (Fsp3) is 0.440. The molecular formula is C25H32N2O4. The van der Waals surface area contributed by atoms with E-state index in [0.717, 1.165) is 29.9 Å². The number of nitrogens with one attached hydrogen (secondary N) is 1. The average molecular weight is 425 g/mol. The second kappa shape index (κ2) is 10.3. The highest BCUT2D eigenvalue weighted by molar-refractivity contribution is 5.94. The monoisotopic (exact) mass is 424 g/mol. The van der Waals surface area contributed by atoms with Gasteiger partial charge in [-0.3, -0.25) is 9.59 Å². The van der Waals surface area contributed by atoms with Crippen molar-refractivity contribution in [2.24, 2.45) is 0 Å². The molecule has 2 amide bonds. The highest BCUT2D eigenvalue weighted by atomic mass is 16.5. The van der Waals surface area contributed by atoms with E-state index in [0.29, 0.717) is 24.6 Å². The molecule has 0 bridgehead atoms. The summed E-state index contributed by atoms with van der Waals surface area (Å²) in [5.74, 6) is 1.68. The van der Waals surface area contributed by atoms with Crippen LogP contribution >= 0.6 is 0 Å². The van der Waals surface area contributed by atoms with Gasteiger partial charge in [0.05, 0.1) is 7.11 Å². The van der Waals surface area contributed by atoms with Crippen molar-refractivity contribution < 1.29 is 19.1 Å². The van der Waals surface area contributed by atoms with E-state index in [9.17, 15) is 9.59 Å². The first-order valence-corrected chi connectivity index (χ1v) is 10.9. The van der Waals surface area contributed by atoms with Gasteiger partial charge in [0.25, 0.3) is 11.8 Å². The van der Waals surface area contributed by atoms with Crippen LogP contribution in [-0.2, 0) is 4.79 Å². The maximum Gasteiger partial charge on any atom is 0.260 e. The number of ether oxygens (including phenoxy) is 2. The number of carbonyl (C=O) groups excluding carboxylic acids is 2. The summed E-state index contributed by atoms with van der Waals surface area (Å²) in [5.41, 5.74) is 1.74. The van der Waals surface area contributed by atoms with Crippen LogP contribution in [0.1, 0.15) is 55.5 Å². The Bertz CT molecular complexity index is 887. The van der Waals surface area contributed by atoms with Crippen LogP contribution in [0.5, 0.6) is 11.5 Å². The number of nitrogens with zero attached hydrogens (tertiary/aromatic N) is 1. The molecule has 1 atom stereocenters. The van der Waals surface area contributed by atoms with Crippen LogP contribution in [0, 0.1) is 0 Å². The van der Waals surface area contributed by atoms with Gasteiger partial charge in [-0.1, -0.05) is 32.0 Å². The first kappa shape index (κ1) is 22.7. The number of methoxy groups -OCH3 is 1. The molecule has 1 aliphatic rings. The first-order valence-electron chi connectivity index (χ1n) is 10.9. The van der Waals surface area contributed by atoms with Crippen LogP contribution in [0.3, 0.4) is 0 Å². The Labute approximate surface area is 184 Å². The van der Waals surface area contributed by atoms with Crippen LogP contribution in [0.15, 0.2) is 48.5 Å². The van der Waals surface area contributed by atoms with E-state index >= 15 is 0 Å². The van der Waals surface area contributed by atoms with Crippen molar-refractivity contribution in [3.63, 3.8) is 0 Å². The number of hydrogen-bond donors (Lipinski definition) is 1. The molecule has 6 heteroatoms. The van der Waals surface area contributed by atoms with E-state index in [2.05, 4.69) is 19.2 Å². The average Bonchev–Trinajstić information content (AvgIpc) is 2.79. The van der Waals surface area contributed by atoms with Gasteiger partial charge in [0, 0.05) is 24.7 Å². The second-order valence-electron chi connectivity index (χ2n) is 8.26. The number of rotatable bonds is 7. The van der Waals surface area contributed by atoms with Crippen LogP contribution in [0.4, 0.5) is 0 Å². The fourth-order valence-corrected chi connectivity index (χ4v) is 3.77. The number of likely N-dealkylation sites (tertiary alicyclic amines) is 1. The quantitative estimate of drug-likeness (QED) is 0.729. The summed E-state index contributed by atoms with van der Waals surface area (Å²) in [5, 5.41) is 3.08. The lowest BCUT2D eigenvalue weighted by atomic mass is 10.0. The van der Waals surface area contributed by atoms with Gasteiger partial charge in [0.2, 0.25) is 0 Å². The zero-order valence-electron chi connectivity index (χ0n) is 18.8. The minimum Gasteiger partial charge on any atom is -0.497 e. The number of para-hydroxylation sites is 1. The molecule has 1 unspecified atom stereocenters. The third kappa shape index (κ3) is 5.78. The van der Waals surface area contributed by atoms with Crippen molar-refractivity contribution in [3.8, 4) is 11.5 Å². The number of carbonyl (C=O) groups is 2. The van der Waals surface area contributed by atoms with Crippen molar-refractivity contribution in [1.29, 1.82) is 0 Å². The van der Waals surface area contributed by atoms with Crippen molar-refractivity contribution in [2.75, 3.05) is 20.2 Å². The lowest BCUT2D eigenvalue weighted by Crippen LogP contribution is -2.49. The zero-order chi connectivity index (χ0) is 22.4. The van der Waals surface area contributed by atoms with Gasteiger partial charge in [-0.05, 0) is 61.6 Å². The largest absolute Gasteiger partial charge is 0.497 e. The van der Waals surface area contributed by atoms with E-state index in [4.69, 9.17) is 9.47 Å². The van der Waals surface area contributed by atoms with Crippen LogP contribution < -0.4 is 14.8 Å². The molecule has 166 valence electrons. The Morgan fingerprint density at radius 1 is 1.00 bits per heavy atom. The van der Waals surface area contributed by atoms with Crippen molar-refractivity contribution in [2.45, 2.75) is 51.7 Å². The molecule has 0 radical (unpaired) electrons. The van der Waals surface area contributed by atoms with E-state index < -0.39 is 6.10 Å². The van der Waals surface area contributed by atoms with Crippen LogP contribution in [-0.4, -0.2) is 49.1 Å². The molecule has 0 spiro atoms. The molecule has 0 aliphatic carbocycles. The van der Waals surface area contributed by atoms with Gasteiger partial charge < -0.3 is 19.7 Å². The molecule has 1 fully saturated rings. The summed E-state index contributed by atoms with van der Waals surface area (Å²) >= 11 is 0. The molecule has 0 aromatic heterocycles. The maximum absolute atomic E-state index is 12.7. The molecule has 0 saturated carbocycles. The summed E-state index contributed by atoms with van der Waals surface area (Å²) in [4.78, 5) is 27.2. The number of amides is 2. The minimum absolute atomic E-state index is 0.00873. The van der Waals surface area contributed by atoms with Crippen LogP contribution in [0.25, 0.3) is 0 Å². The Morgan fingerprint density at radius 2 is 1.65 bits per heavy atom. The molecule has 1 heterocycles. The molecule has 6 nitrogen and oxygen atoms in total. The fourth-order valence-electron chi connectivity index (χ4n) is 3.77. The van der Waals surface area contributed by atoms with Crippen LogP contribution in [0.2, 0.25) is 0 Å². The molecule has 3 rings (SSSR count). The summed E-state index contributed by atoms with van der Waals surface area (Å²) in [6.45, 7) is 7.21. The Hall–Kier alpha value is -3.02. The smallest absolute Gasteiger partial charge is 0.260 e. The highest BCUT2D eigenvalue weighted by Gasteiger charge is 2.26. The van der Waals surface area contributed by atoms with Crippen molar-refractivity contribution in [1.82, 2.24) is 10.2 Å². The minimum atomic E-state index is -0.584. The Balaban J connectivity index is 1.50. The Morgan fingerprint density at radius 3 is 2.26 bits per heavy atom. The van der Waals surface area contributed by atoms with E-state index in [-0.39, 0.29) is 17.9 Å². The zero-order valence-corrected chi connectivity index (χ0v) is 18.8. The normalized spacial score (nSPS) is 15.5. The standard InChI is InChI=1S/C25H32N2O4/c1-17(2)22-7-5-6-8-23(22)31-18(3)24(28)26-20-13-15-27(16-14-20)25(29)19-9-11-21(30-4)12-10-19/h5-12,17-18,20H,13-16H2,1-4H3,(H,26,28). The lowest BCUT2D eigenvalue weighted by Gasteiger charge is -2.33. The van der Waals surface area contributed by atoms with Gasteiger partial charge >= 0.3 is 0 Å². The van der Waals surface area contributed by atoms with Crippen molar-refractivity contribution in [3.05, 3.63) is 59.7 Å². The number of hydrogen-bond acceptors (Lipinski definition) is 4. The molecule has 1 aliphatic heterocycles. The topological polar surface area (TPSA) is 67.9 Å². The van der Waals surface area contributed by atoms with Gasteiger partial charge in [0.15, 0.2) is 6.10 Å². The first-order chi connectivity index (χ1) is 14.9. The Kier molecular flexibility index (Phi) is 7.55. The number of benzene rings is 2. The molecule has 31 heavy (non-hydrogen) atoms. The number of piperidine rings is 1. The molecule has 1 N–H and O–H groups in total. The van der Waals surface area contributed by atoms with Gasteiger partial charge in [-0.2, -0.15) is 0 Å². The highest BCUT2D eigenvalue weighted by Crippen LogP contribution is 2.27. The maximum atomic E-state index is 12.7. The third-order valence-electron chi connectivity index (χ3n) is 5.68. The van der Waals surface area contributed by atoms with Gasteiger partial charge in [0.1, 0.15) is 11.5 Å². The third-order valence-corrected chi connectivity index (χ3v) is 5.68. The lowest BCUT2D eigenvalue weighted by molar-refractivity contribution is -0.128. The van der Waals surface area contributed by atoms with E-state index in [1.807, 2.05) is 29.2 Å². The molecule has 1 saturated heterocycles. The van der Waals surface area contributed by atoms with Gasteiger partial charge in [-0.25, -0.2) is 0 Å². The van der Waals surface area contributed by atoms with E-state index in [1.54, 1.807) is 38.3 Å². The van der Waals surface area contributed by atoms with Crippen molar-refractivity contribution >= 4 is 11.8 Å². The predicted octanol–water partition coefficient (Wildman–Crippen LogP) is 4.01. The summed E-state index contributed by atoms with van der Waals surface area (Å²) < 4.78 is 11.1. The predicted molar refractivity (Wildman–Crippen MR) is 121 cm³/mol. The summed E-state index contributed by atoms with van der Waals surface area (Å²) in [7, 11) is 1.60.